The summed E-state index contributed by atoms with van der Waals surface area (Å²) in [7, 11) is -14.1. The van der Waals surface area contributed by atoms with Gasteiger partial charge < -0.3 is 66.3 Å². The fourth-order valence-corrected chi connectivity index (χ4v) is 1.62. The third-order valence-electron chi connectivity index (χ3n) is 2.34. The Bertz CT molecular complexity index is 442. The molecule has 0 spiro atoms. The number of carbonyl (C=O) groups is 1. The number of nitrogens with zero attached hydrogens (tertiary/aromatic N) is 2. The third-order valence-corrected chi connectivity index (χ3v) is 2.34. The monoisotopic (exact) mass is 513 g/mol. The Morgan fingerprint density at radius 3 is 1.35 bits per heavy atom. The molecule has 1 aliphatic rings. The van der Waals surface area contributed by atoms with Crippen LogP contribution < -0.4 is 51.4 Å². The first-order valence-corrected chi connectivity index (χ1v) is 7.96. The van der Waals surface area contributed by atoms with Crippen molar-refractivity contribution in [2.45, 2.75) is 39.3 Å². The Hall–Kier alpha value is 0.221. The number of amides is 1. The Morgan fingerprint density at radius 2 is 1.13 bits per heavy atom. The van der Waals surface area contributed by atoms with E-state index in [1.165, 1.54) is 0 Å². The zero-order chi connectivity index (χ0) is 25.1. The molecular weight excluding hydrogens is 492 g/mol. The third kappa shape index (κ3) is 48.7. The van der Waals surface area contributed by atoms with Crippen molar-refractivity contribution in [2.24, 2.45) is 0 Å². The van der Waals surface area contributed by atoms with Gasteiger partial charge in [-0.2, -0.15) is 0 Å². The van der Waals surface area contributed by atoms with E-state index in [-0.39, 0.29) is 63.5 Å². The Kier molecular flexibility index (Phi) is 19.8. The fraction of sp³-hybridized carbons (Fsp3) is 0.818. The topological polar surface area (TPSA) is 32.8 Å². The predicted octanol–water partition coefficient (Wildman–Crippen LogP) is 2.62. The van der Waals surface area contributed by atoms with Gasteiger partial charge in [0.2, 0.25) is 0 Å². The minimum Gasteiger partial charge on any atom is -0.456 e. The molecule has 1 unspecified atom stereocenters. The van der Waals surface area contributed by atoms with E-state index in [1.807, 2.05) is 32.6 Å². The van der Waals surface area contributed by atoms with Crippen LogP contribution in [-0.4, -0.2) is 68.9 Å². The van der Waals surface area contributed by atoms with Gasteiger partial charge >= 0.3 is 79.2 Å². The maximum atomic E-state index is 11.8. The standard InChI is InChI=1S/C11H21N2O2.3BF4.K/c1-9-8-12(5)6-7-13(9)10(14)15-11(2,3)4;3*2-1(3,4)5;/h9H,5-8H2,1-4H3;;;;/q4*-1;+1. The summed E-state index contributed by atoms with van der Waals surface area (Å²) in [5.41, 5.74) is -0.418. The second kappa shape index (κ2) is 16.0. The van der Waals surface area contributed by atoms with Crippen molar-refractivity contribution >= 4 is 27.9 Å². The summed E-state index contributed by atoms with van der Waals surface area (Å²) >= 11 is 0. The van der Waals surface area contributed by atoms with Gasteiger partial charge in [0.1, 0.15) is 5.60 Å². The SMILES string of the molecule is F[B-](F)(F)F.F[B-](F)(F)F.F[B-](F)(F)F.[CH2-]N1CCN(C(=O)OC(C)(C)C)C(C)C1.[K+]. The quantitative estimate of drug-likeness (QED) is 0.284. The van der Waals surface area contributed by atoms with Crippen molar-refractivity contribution in [3.8, 4) is 0 Å². The number of rotatable bonds is 0. The number of piperazine rings is 1. The zero-order valence-electron chi connectivity index (χ0n) is 17.4. The van der Waals surface area contributed by atoms with Crippen LogP contribution in [0.1, 0.15) is 27.7 Å². The molecule has 1 rings (SSSR count). The summed E-state index contributed by atoms with van der Waals surface area (Å²) in [5.74, 6) is 0. The molecule has 1 atom stereocenters. The summed E-state index contributed by atoms with van der Waals surface area (Å²) in [4.78, 5) is 15.5. The summed E-state index contributed by atoms with van der Waals surface area (Å²) in [5, 5.41) is 0. The van der Waals surface area contributed by atoms with Crippen LogP contribution in [0, 0.1) is 7.05 Å². The number of ether oxygens (including phenoxy) is 1. The molecule has 1 saturated heterocycles. The zero-order valence-corrected chi connectivity index (χ0v) is 20.5. The van der Waals surface area contributed by atoms with Gasteiger partial charge in [-0.3, -0.25) is 7.05 Å². The van der Waals surface area contributed by atoms with Crippen molar-refractivity contribution in [3.63, 3.8) is 0 Å². The molecule has 1 amide bonds. The average Bonchev–Trinajstić information content (AvgIpc) is 2.29. The molecular formula is C11H21B3F12KN2O2-3. The second-order valence-electron chi connectivity index (χ2n) is 6.58. The fourth-order valence-electron chi connectivity index (χ4n) is 1.62. The molecule has 1 fully saturated rings. The Balaban J connectivity index is -0.000000189. The molecule has 1 heterocycles. The van der Waals surface area contributed by atoms with E-state index in [9.17, 15) is 56.6 Å². The van der Waals surface area contributed by atoms with Crippen molar-refractivity contribution < 1.29 is 113 Å². The second-order valence-corrected chi connectivity index (χ2v) is 6.58. The van der Waals surface area contributed by atoms with Gasteiger partial charge in [0, 0.05) is 12.6 Å². The van der Waals surface area contributed by atoms with E-state index in [2.05, 4.69) is 7.05 Å². The van der Waals surface area contributed by atoms with Gasteiger partial charge in [-0.05, 0) is 40.8 Å². The van der Waals surface area contributed by atoms with Crippen LogP contribution in [0.2, 0.25) is 0 Å². The van der Waals surface area contributed by atoms with Gasteiger partial charge in [-0.25, -0.2) is 4.79 Å². The van der Waals surface area contributed by atoms with Gasteiger partial charge in [0.15, 0.2) is 0 Å². The smallest absolute Gasteiger partial charge is 0.456 e. The largest absolute Gasteiger partial charge is 1.00 e. The van der Waals surface area contributed by atoms with Crippen LogP contribution in [-0.2, 0) is 4.74 Å². The molecule has 0 bridgehead atoms. The molecule has 0 radical (unpaired) electrons. The molecule has 0 aromatic heterocycles. The van der Waals surface area contributed by atoms with Gasteiger partial charge in [-0.15, -0.1) is 0 Å². The average molecular weight is 513 g/mol. The van der Waals surface area contributed by atoms with Gasteiger partial charge in [0.25, 0.3) is 0 Å². The molecule has 4 nitrogen and oxygen atoms in total. The van der Waals surface area contributed by atoms with Crippen molar-refractivity contribution in [3.05, 3.63) is 7.05 Å². The molecule has 1 aliphatic heterocycles. The van der Waals surface area contributed by atoms with E-state index >= 15 is 0 Å². The molecule has 0 aliphatic carbocycles. The minimum atomic E-state index is -6.00. The first kappa shape index (κ1) is 38.5. The number of carbonyl (C=O) groups excluding carboxylic acids is 1. The van der Waals surface area contributed by atoms with Gasteiger partial charge in [0.05, 0.1) is 0 Å². The normalized spacial score (nSPS) is 17.5. The van der Waals surface area contributed by atoms with Crippen LogP contribution >= 0.6 is 0 Å². The summed E-state index contributed by atoms with van der Waals surface area (Å²) in [6.45, 7) is 9.97. The van der Waals surface area contributed by atoms with E-state index in [4.69, 9.17) is 4.74 Å². The Morgan fingerprint density at radius 1 is 0.839 bits per heavy atom. The number of hydrogen-bond acceptors (Lipinski definition) is 3. The van der Waals surface area contributed by atoms with Crippen LogP contribution in [0.25, 0.3) is 0 Å². The van der Waals surface area contributed by atoms with Crippen LogP contribution in [0.3, 0.4) is 0 Å². The van der Waals surface area contributed by atoms with Crippen molar-refractivity contribution in [1.29, 1.82) is 0 Å². The molecule has 0 N–H and O–H groups in total. The first-order chi connectivity index (χ1) is 12.8. The maximum Gasteiger partial charge on any atom is 1.00 e. The number of hydrogen-bond donors (Lipinski definition) is 0. The molecule has 0 aromatic rings. The maximum absolute atomic E-state index is 11.8. The Labute approximate surface area is 215 Å². The molecule has 20 heteroatoms. The molecule has 184 valence electrons. The van der Waals surface area contributed by atoms with E-state index in [1.54, 1.807) is 4.90 Å². The van der Waals surface area contributed by atoms with Crippen molar-refractivity contribution in [1.82, 2.24) is 9.80 Å². The van der Waals surface area contributed by atoms with Crippen LogP contribution in [0.5, 0.6) is 0 Å². The minimum absolute atomic E-state index is 0. The summed E-state index contributed by atoms with van der Waals surface area (Å²) in [6.07, 6.45) is -0.219. The first-order valence-electron chi connectivity index (χ1n) is 7.96. The van der Waals surface area contributed by atoms with E-state index in [0.717, 1.165) is 13.1 Å². The van der Waals surface area contributed by atoms with Crippen LogP contribution in [0.4, 0.5) is 56.6 Å². The molecule has 0 saturated carbocycles. The predicted molar refractivity (Wildman–Crippen MR) is 89.9 cm³/mol. The van der Waals surface area contributed by atoms with E-state index < -0.39 is 27.4 Å². The number of halogens is 12. The van der Waals surface area contributed by atoms with E-state index in [0.29, 0.717) is 6.54 Å². The summed E-state index contributed by atoms with van der Waals surface area (Å²) < 4.78 is 122. The molecule has 0 aromatic carbocycles. The van der Waals surface area contributed by atoms with Crippen LogP contribution in [0.15, 0.2) is 0 Å². The molecule has 31 heavy (non-hydrogen) atoms. The van der Waals surface area contributed by atoms with Crippen molar-refractivity contribution in [2.75, 3.05) is 19.6 Å². The van der Waals surface area contributed by atoms with Gasteiger partial charge in [-0.1, -0.05) is 0 Å². The summed E-state index contributed by atoms with van der Waals surface area (Å²) in [6, 6.07) is 0.172.